The maximum atomic E-state index is 12.8. The van der Waals surface area contributed by atoms with Crippen LogP contribution >= 0.6 is 0 Å². The predicted molar refractivity (Wildman–Crippen MR) is 106 cm³/mol. The fraction of sp³-hybridized carbons (Fsp3) is 0.348. The molecule has 3 amide bonds. The summed E-state index contributed by atoms with van der Waals surface area (Å²) in [5, 5.41) is 2.96. The highest BCUT2D eigenvalue weighted by Gasteiger charge is 2.40. The average molecular weight is 376 g/mol. The van der Waals surface area contributed by atoms with E-state index in [1.807, 2.05) is 6.92 Å². The second-order valence-corrected chi connectivity index (χ2v) is 7.67. The van der Waals surface area contributed by atoms with E-state index in [2.05, 4.69) is 23.5 Å². The van der Waals surface area contributed by atoms with Crippen LogP contribution in [0.5, 0.6) is 0 Å². The average Bonchev–Trinajstić information content (AvgIpc) is 2.97. The monoisotopic (exact) mass is 376 g/mol. The minimum absolute atomic E-state index is 0.197. The van der Waals surface area contributed by atoms with Gasteiger partial charge in [-0.05, 0) is 68.4 Å². The van der Waals surface area contributed by atoms with Crippen molar-refractivity contribution >= 4 is 17.7 Å². The zero-order valence-corrected chi connectivity index (χ0v) is 16.2. The van der Waals surface area contributed by atoms with Gasteiger partial charge in [0.05, 0.1) is 17.2 Å². The number of carbonyl (C=O) groups is 3. The summed E-state index contributed by atoms with van der Waals surface area (Å²) in [5.74, 6) is -1.16. The maximum absolute atomic E-state index is 12.8. The highest BCUT2D eigenvalue weighted by Crippen LogP contribution is 2.26. The lowest BCUT2D eigenvalue weighted by Gasteiger charge is -2.25. The summed E-state index contributed by atoms with van der Waals surface area (Å²) in [7, 11) is 0. The van der Waals surface area contributed by atoms with Crippen LogP contribution in [0.15, 0.2) is 42.5 Å². The van der Waals surface area contributed by atoms with Gasteiger partial charge >= 0.3 is 0 Å². The molecule has 28 heavy (non-hydrogen) atoms. The molecule has 0 radical (unpaired) electrons. The standard InChI is InChI=1S/C23H24N2O3/c1-14(17-12-11-16-7-3-4-8-18(16)13-17)24-21(26)15(2)25-22(27)19-9-5-6-10-20(19)23(25)28/h5-6,9-15H,3-4,7-8H2,1-2H3,(H,24,26)/t14-,15-/m1/s1. The lowest BCUT2D eigenvalue weighted by molar-refractivity contribution is -0.125. The molecule has 0 saturated heterocycles. The first kappa shape index (κ1) is 18.4. The van der Waals surface area contributed by atoms with Gasteiger partial charge in [-0.1, -0.05) is 30.3 Å². The summed E-state index contributed by atoms with van der Waals surface area (Å²) in [4.78, 5) is 39.0. The molecule has 0 saturated carbocycles. The molecule has 4 rings (SSSR count). The molecular formula is C23H24N2O3. The van der Waals surface area contributed by atoms with Crippen LogP contribution in [-0.4, -0.2) is 28.7 Å². The first-order valence-corrected chi connectivity index (χ1v) is 9.86. The first-order valence-electron chi connectivity index (χ1n) is 9.86. The number of amides is 3. The van der Waals surface area contributed by atoms with Crippen LogP contribution in [0.1, 0.15) is 70.1 Å². The molecule has 5 heteroatoms. The number of imide groups is 1. The van der Waals surface area contributed by atoms with Crippen molar-refractivity contribution in [1.29, 1.82) is 0 Å². The minimum atomic E-state index is -0.868. The first-order chi connectivity index (χ1) is 13.5. The van der Waals surface area contributed by atoms with Crippen molar-refractivity contribution in [2.45, 2.75) is 51.6 Å². The van der Waals surface area contributed by atoms with E-state index < -0.39 is 17.9 Å². The summed E-state index contributed by atoms with van der Waals surface area (Å²) in [6, 6.07) is 12.0. The van der Waals surface area contributed by atoms with E-state index in [1.54, 1.807) is 31.2 Å². The molecule has 1 aliphatic carbocycles. The Labute approximate surface area is 164 Å². The smallest absolute Gasteiger partial charge is 0.262 e. The van der Waals surface area contributed by atoms with Gasteiger partial charge in [0.25, 0.3) is 11.8 Å². The van der Waals surface area contributed by atoms with Crippen LogP contribution in [0.4, 0.5) is 0 Å². The van der Waals surface area contributed by atoms with Crippen LogP contribution in [0.3, 0.4) is 0 Å². The number of nitrogens with one attached hydrogen (secondary N) is 1. The van der Waals surface area contributed by atoms with Crippen LogP contribution < -0.4 is 5.32 Å². The van der Waals surface area contributed by atoms with Crippen LogP contribution in [-0.2, 0) is 17.6 Å². The minimum Gasteiger partial charge on any atom is -0.348 e. The van der Waals surface area contributed by atoms with Crippen LogP contribution in [0.2, 0.25) is 0 Å². The van der Waals surface area contributed by atoms with Gasteiger partial charge in [0.15, 0.2) is 0 Å². The Morgan fingerprint density at radius 1 is 0.929 bits per heavy atom. The maximum Gasteiger partial charge on any atom is 0.262 e. The zero-order chi connectivity index (χ0) is 19.8. The molecule has 1 aliphatic heterocycles. The van der Waals surface area contributed by atoms with Crippen molar-refractivity contribution in [3.05, 3.63) is 70.3 Å². The second kappa shape index (κ2) is 7.23. The molecule has 2 aromatic carbocycles. The van der Waals surface area contributed by atoms with Crippen LogP contribution in [0, 0.1) is 0 Å². The summed E-state index contributed by atoms with van der Waals surface area (Å²) in [5.41, 5.74) is 4.51. The highest BCUT2D eigenvalue weighted by atomic mass is 16.2. The molecule has 0 aromatic heterocycles. The third-order valence-electron chi connectivity index (χ3n) is 5.82. The van der Waals surface area contributed by atoms with E-state index in [4.69, 9.17) is 0 Å². The van der Waals surface area contributed by atoms with Gasteiger partial charge in [-0.25, -0.2) is 0 Å². The number of hydrogen-bond acceptors (Lipinski definition) is 3. The number of aryl methyl sites for hydroxylation is 2. The lowest BCUT2D eigenvalue weighted by Crippen LogP contribution is -2.48. The van der Waals surface area contributed by atoms with Crippen molar-refractivity contribution in [3.8, 4) is 0 Å². The van der Waals surface area contributed by atoms with E-state index in [9.17, 15) is 14.4 Å². The Kier molecular flexibility index (Phi) is 4.75. The Hall–Kier alpha value is -2.95. The molecule has 0 spiro atoms. The topological polar surface area (TPSA) is 66.5 Å². The van der Waals surface area contributed by atoms with E-state index in [0.29, 0.717) is 11.1 Å². The van der Waals surface area contributed by atoms with Gasteiger partial charge in [0, 0.05) is 0 Å². The van der Waals surface area contributed by atoms with Gasteiger partial charge in [-0.2, -0.15) is 0 Å². The summed E-state index contributed by atoms with van der Waals surface area (Å²) in [6.07, 6.45) is 4.63. The van der Waals surface area contributed by atoms with Gasteiger partial charge in [-0.15, -0.1) is 0 Å². The quantitative estimate of drug-likeness (QED) is 0.832. The van der Waals surface area contributed by atoms with Crippen molar-refractivity contribution in [1.82, 2.24) is 10.2 Å². The Morgan fingerprint density at radius 2 is 1.54 bits per heavy atom. The molecule has 1 heterocycles. The Balaban J connectivity index is 1.48. The molecule has 5 nitrogen and oxygen atoms in total. The van der Waals surface area contributed by atoms with E-state index in [0.717, 1.165) is 23.3 Å². The number of nitrogens with zero attached hydrogens (tertiary/aromatic N) is 1. The van der Waals surface area contributed by atoms with Gasteiger partial charge in [-0.3, -0.25) is 19.3 Å². The van der Waals surface area contributed by atoms with E-state index in [1.165, 1.54) is 24.0 Å². The lowest BCUT2D eigenvalue weighted by atomic mass is 9.89. The molecule has 2 aromatic rings. The molecular weight excluding hydrogens is 352 g/mol. The number of rotatable bonds is 4. The van der Waals surface area contributed by atoms with Crippen LogP contribution in [0.25, 0.3) is 0 Å². The summed E-state index contributed by atoms with van der Waals surface area (Å²) >= 11 is 0. The molecule has 0 bridgehead atoms. The Bertz CT molecular complexity index is 931. The Morgan fingerprint density at radius 3 is 2.18 bits per heavy atom. The normalized spacial score (nSPS) is 17.7. The summed E-state index contributed by atoms with van der Waals surface area (Å²) in [6.45, 7) is 3.52. The number of benzene rings is 2. The molecule has 0 fully saturated rings. The van der Waals surface area contributed by atoms with Gasteiger partial charge in [0.2, 0.25) is 5.91 Å². The van der Waals surface area contributed by atoms with Crippen molar-refractivity contribution in [3.63, 3.8) is 0 Å². The third-order valence-corrected chi connectivity index (χ3v) is 5.82. The molecule has 2 aliphatic rings. The SMILES string of the molecule is C[C@H](C(=O)N[C@H](C)c1ccc2c(c1)CCCC2)N1C(=O)c2ccccc2C1=O. The third kappa shape index (κ3) is 3.11. The highest BCUT2D eigenvalue weighted by molar-refractivity contribution is 6.22. The summed E-state index contributed by atoms with van der Waals surface area (Å²) < 4.78 is 0. The number of hydrogen-bond donors (Lipinski definition) is 1. The van der Waals surface area contributed by atoms with Crippen molar-refractivity contribution < 1.29 is 14.4 Å². The van der Waals surface area contributed by atoms with Crippen molar-refractivity contribution in [2.24, 2.45) is 0 Å². The van der Waals surface area contributed by atoms with Crippen molar-refractivity contribution in [2.75, 3.05) is 0 Å². The number of fused-ring (bicyclic) bond motifs is 2. The molecule has 0 unspecified atom stereocenters. The molecule has 1 N–H and O–H groups in total. The van der Waals surface area contributed by atoms with E-state index >= 15 is 0 Å². The molecule has 2 atom stereocenters. The van der Waals surface area contributed by atoms with Gasteiger partial charge in [0.1, 0.15) is 6.04 Å². The molecule has 144 valence electrons. The fourth-order valence-corrected chi connectivity index (χ4v) is 4.12. The van der Waals surface area contributed by atoms with Gasteiger partial charge < -0.3 is 5.32 Å². The second-order valence-electron chi connectivity index (χ2n) is 7.67. The number of carbonyl (C=O) groups excluding carboxylic acids is 3. The van der Waals surface area contributed by atoms with E-state index in [-0.39, 0.29) is 11.9 Å². The fourth-order valence-electron chi connectivity index (χ4n) is 4.12. The zero-order valence-electron chi connectivity index (χ0n) is 16.2. The largest absolute Gasteiger partial charge is 0.348 e. The predicted octanol–water partition coefficient (Wildman–Crippen LogP) is 3.43.